The normalized spacial score (nSPS) is 21.3. The van der Waals surface area contributed by atoms with Crippen LogP contribution in [0.25, 0.3) is 0 Å². The van der Waals surface area contributed by atoms with Crippen LogP contribution in [-0.2, 0) is 14.8 Å². The van der Waals surface area contributed by atoms with Gasteiger partial charge >= 0.3 is 0 Å². The fourth-order valence-electron chi connectivity index (χ4n) is 3.82. The van der Waals surface area contributed by atoms with E-state index >= 15 is 0 Å². The third kappa shape index (κ3) is 4.76. The highest BCUT2D eigenvalue weighted by molar-refractivity contribution is 7.89. The minimum Gasteiger partial charge on any atom is -0.339 e. The van der Waals surface area contributed by atoms with E-state index in [0.29, 0.717) is 32.2 Å². The second-order valence-electron chi connectivity index (χ2n) is 7.45. The van der Waals surface area contributed by atoms with Gasteiger partial charge in [0.2, 0.25) is 15.9 Å². The molecule has 162 valence electrons. The van der Waals surface area contributed by atoms with Crippen molar-refractivity contribution >= 4 is 15.9 Å². The number of nitrogens with zero attached hydrogens (tertiary/aromatic N) is 4. The van der Waals surface area contributed by atoms with Gasteiger partial charge in [-0.2, -0.15) is 4.31 Å². The van der Waals surface area contributed by atoms with E-state index in [1.54, 1.807) is 0 Å². The maximum atomic E-state index is 13.4. The van der Waals surface area contributed by atoms with Crippen molar-refractivity contribution in [3.05, 3.63) is 29.8 Å². The van der Waals surface area contributed by atoms with Crippen molar-refractivity contribution in [1.29, 1.82) is 0 Å². The highest BCUT2D eigenvalue weighted by Gasteiger charge is 2.34. The Labute approximate surface area is 170 Å². The first-order chi connectivity index (χ1) is 13.7. The number of rotatable bonds is 5. The summed E-state index contributed by atoms with van der Waals surface area (Å²) in [4.78, 5) is 18.7. The van der Waals surface area contributed by atoms with Crippen molar-refractivity contribution in [2.75, 3.05) is 58.9 Å². The molecule has 0 saturated carbocycles. The van der Waals surface area contributed by atoms with Crippen LogP contribution in [0.5, 0.6) is 0 Å². The van der Waals surface area contributed by atoms with E-state index in [1.165, 1.54) is 4.31 Å². The first-order valence-corrected chi connectivity index (χ1v) is 11.4. The molecule has 2 fully saturated rings. The monoisotopic (exact) mass is 430 g/mol. The molecule has 1 atom stereocenters. The second kappa shape index (κ2) is 9.03. The topological polar surface area (TPSA) is 64.2 Å². The number of benzene rings is 1. The molecule has 1 aromatic carbocycles. The maximum Gasteiger partial charge on any atom is 0.243 e. The standard InChI is InChI=1S/C19H28F2N4O3S/c1-3-22-6-8-24(9-7-22)19(26)15(2)23-10-12-25(13-11-23)29(27,28)16-4-5-17(20)18(21)14-16/h4-5,14-15H,3,6-13H2,1-2H3. The molecular formula is C19H28F2N4O3S. The number of sulfonamides is 1. The summed E-state index contributed by atoms with van der Waals surface area (Å²) in [5, 5.41) is 0. The van der Waals surface area contributed by atoms with Crippen molar-refractivity contribution < 1.29 is 22.0 Å². The van der Waals surface area contributed by atoms with Gasteiger partial charge in [0.15, 0.2) is 11.6 Å². The fourth-order valence-corrected chi connectivity index (χ4v) is 5.26. The molecule has 1 amide bonds. The zero-order valence-electron chi connectivity index (χ0n) is 16.9. The van der Waals surface area contributed by atoms with Crippen LogP contribution in [-0.4, -0.2) is 98.3 Å². The van der Waals surface area contributed by atoms with E-state index in [0.717, 1.165) is 31.8 Å². The molecule has 0 N–H and O–H groups in total. The van der Waals surface area contributed by atoms with E-state index in [2.05, 4.69) is 11.8 Å². The summed E-state index contributed by atoms with van der Waals surface area (Å²) in [5.74, 6) is -2.20. The Morgan fingerprint density at radius 1 is 1.00 bits per heavy atom. The van der Waals surface area contributed by atoms with Gasteiger partial charge in [-0.15, -0.1) is 0 Å². The predicted molar refractivity (Wildman–Crippen MR) is 105 cm³/mol. The van der Waals surface area contributed by atoms with Crippen LogP contribution in [0.3, 0.4) is 0 Å². The number of piperazine rings is 2. The molecule has 1 aromatic rings. The zero-order chi connectivity index (χ0) is 21.2. The summed E-state index contributed by atoms with van der Waals surface area (Å²) in [6.07, 6.45) is 0. The molecule has 0 aromatic heterocycles. The number of likely N-dealkylation sites (N-methyl/N-ethyl adjacent to an activating group) is 1. The van der Waals surface area contributed by atoms with Crippen LogP contribution in [0.1, 0.15) is 13.8 Å². The lowest BCUT2D eigenvalue weighted by Gasteiger charge is -2.40. The van der Waals surface area contributed by atoms with E-state index < -0.39 is 21.7 Å². The van der Waals surface area contributed by atoms with Crippen molar-refractivity contribution in [2.24, 2.45) is 0 Å². The van der Waals surface area contributed by atoms with Crippen LogP contribution < -0.4 is 0 Å². The summed E-state index contributed by atoms with van der Waals surface area (Å²) >= 11 is 0. The van der Waals surface area contributed by atoms with Gasteiger partial charge in [-0.1, -0.05) is 6.92 Å². The molecule has 2 aliphatic rings. The Hall–Kier alpha value is -1.62. The van der Waals surface area contributed by atoms with Crippen molar-refractivity contribution in [3.63, 3.8) is 0 Å². The molecule has 0 spiro atoms. The second-order valence-corrected chi connectivity index (χ2v) is 9.39. The molecule has 2 heterocycles. The zero-order valence-corrected chi connectivity index (χ0v) is 17.7. The average molecular weight is 431 g/mol. The van der Waals surface area contributed by atoms with E-state index in [-0.39, 0.29) is 29.9 Å². The first kappa shape index (κ1) is 22.1. The molecule has 0 radical (unpaired) electrons. The van der Waals surface area contributed by atoms with Gasteiger partial charge < -0.3 is 9.80 Å². The van der Waals surface area contributed by atoms with Gasteiger partial charge in [0, 0.05) is 52.4 Å². The third-order valence-electron chi connectivity index (χ3n) is 5.84. The van der Waals surface area contributed by atoms with Crippen LogP contribution >= 0.6 is 0 Å². The van der Waals surface area contributed by atoms with E-state index in [9.17, 15) is 22.0 Å². The number of hydrogen-bond acceptors (Lipinski definition) is 5. The highest BCUT2D eigenvalue weighted by atomic mass is 32.2. The molecular weight excluding hydrogens is 402 g/mol. The molecule has 10 heteroatoms. The molecule has 7 nitrogen and oxygen atoms in total. The number of carbonyl (C=O) groups excluding carboxylic acids is 1. The third-order valence-corrected chi connectivity index (χ3v) is 7.73. The predicted octanol–water partition coefficient (Wildman–Crippen LogP) is 0.824. The van der Waals surface area contributed by atoms with Crippen molar-refractivity contribution in [3.8, 4) is 0 Å². The molecule has 0 aliphatic carbocycles. The Morgan fingerprint density at radius 3 is 2.17 bits per heavy atom. The van der Waals surface area contributed by atoms with Crippen molar-refractivity contribution in [1.82, 2.24) is 19.0 Å². The quantitative estimate of drug-likeness (QED) is 0.692. The van der Waals surface area contributed by atoms with Gasteiger partial charge in [0.1, 0.15) is 0 Å². The van der Waals surface area contributed by atoms with Crippen LogP contribution in [0.4, 0.5) is 8.78 Å². The molecule has 3 rings (SSSR count). The Morgan fingerprint density at radius 2 is 1.62 bits per heavy atom. The maximum absolute atomic E-state index is 13.4. The molecule has 1 unspecified atom stereocenters. The lowest BCUT2D eigenvalue weighted by molar-refractivity contribution is -0.138. The van der Waals surface area contributed by atoms with Crippen molar-refractivity contribution in [2.45, 2.75) is 24.8 Å². The number of hydrogen-bond donors (Lipinski definition) is 0. The van der Waals surface area contributed by atoms with Crippen LogP contribution in [0.15, 0.2) is 23.1 Å². The SMILES string of the molecule is CCN1CCN(C(=O)C(C)N2CCN(S(=O)(=O)c3ccc(F)c(F)c3)CC2)CC1. The average Bonchev–Trinajstić information content (AvgIpc) is 2.74. The Bertz CT molecular complexity index is 836. The summed E-state index contributed by atoms with van der Waals surface area (Å²) < 4.78 is 53.2. The lowest BCUT2D eigenvalue weighted by Crippen LogP contribution is -2.57. The molecule has 0 bridgehead atoms. The smallest absolute Gasteiger partial charge is 0.243 e. The van der Waals surface area contributed by atoms with Gasteiger partial charge in [-0.3, -0.25) is 9.69 Å². The Kier molecular flexibility index (Phi) is 6.87. The minimum atomic E-state index is -3.90. The van der Waals surface area contributed by atoms with Gasteiger partial charge in [-0.25, -0.2) is 17.2 Å². The number of carbonyl (C=O) groups is 1. The van der Waals surface area contributed by atoms with Gasteiger partial charge in [-0.05, 0) is 31.7 Å². The summed E-state index contributed by atoms with van der Waals surface area (Å²) in [6, 6.07) is 2.27. The molecule has 2 saturated heterocycles. The van der Waals surface area contributed by atoms with Gasteiger partial charge in [0.25, 0.3) is 0 Å². The Balaban J connectivity index is 1.58. The first-order valence-electron chi connectivity index (χ1n) is 9.94. The highest BCUT2D eigenvalue weighted by Crippen LogP contribution is 2.21. The lowest BCUT2D eigenvalue weighted by atomic mass is 10.2. The number of amides is 1. The largest absolute Gasteiger partial charge is 0.339 e. The van der Waals surface area contributed by atoms with Gasteiger partial charge in [0.05, 0.1) is 10.9 Å². The molecule has 29 heavy (non-hydrogen) atoms. The van der Waals surface area contributed by atoms with Crippen LogP contribution in [0.2, 0.25) is 0 Å². The number of halogens is 2. The molecule has 2 aliphatic heterocycles. The summed E-state index contributed by atoms with van der Waals surface area (Å²) in [5.41, 5.74) is 0. The minimum absolute atomic E-state index is 0.0673. The fraction of sp³-hybridized carbons (Fsp3) is 0.632. The van der Waals surface area contributed by atoms with Crippen LogP contribution in [0, 0.1) is 11.6 Å². The summed E-state index contributed by atoms with van der Waals surface area (Å²) in [6.45, 7) is 9.31. The van der Waals surface area contributed by atoms with E-state index in [1.807, 2.05) is 16.7 Å². The summed E-state index contributed by atoms with van der Waals surface area (Å²) in [7, 11) is -3.90. The van der Waals surface area contributed by atoms with E-state index in [4.69, 9.17) is 0 Å².